The summed E-state index contributed by atoms with van der Waals surface area (Å²) in [5, 5.41) is 0. The molecule has 204 valence electrons. The van der Waals surface area contributed by atoms with Crippen LogP contribution in [0.3, 0.4) is 0 Å². The van der Waals surface area contributed by atoms with Crippen molar-refractivity contribution in [1.29, 1.82) is 0 Å². The van der Waals surface area contributed by atoms with E-state index in [-0.39, 0.29) is 0 Å². The molecule has 1 saturated carbocycles. The molecule has 0 amide bonds. The van der Waals surface area contributed by atoms with Crippen LogP contribution >= 0.6 is 0 Å². The molecule has 0 N–H and O–H groups in total. The van der Waals surface area contributed by atoms with Crippen molar-refractivity contribution in [3.63, 3.8) is 0 Å². The van der Waals surface area contributed by atoms with Crippen molar-refractivity contribution in [1.82, 2.24) is 9.97 Å². The number of ether oxygens (including phenoxy) is 1. The summed E-state index contributed by atoms with van der Waals surface area (Å²) >= 11 is 0. The van der Waals surface area contributed by atoms with E-state index in [1.54, 1.807) is 0 Å². The summed E-state index contributed by atoms with van der Waals surface area (Å²) in [4.78, 5) is 9.19. The fourth-order valence-electron chi connectivity index (χ4n) is 5.82. The van der Waals surface area contributed by atoms with Crippen LogP contribution in [-0.2, 0) is 6.42 Å². The summed E-state index contributed by atoms with van der Waals surface area (Å²) < 4.78 is 6.08. The van der Waals surface area contributed by atoms with Crippen LogP contribution in [0, 0.1) is 11.8 Å². The molecule has 1 aromatic heterocycles. The summed E-state index contributed by atoms with van der Waals surface area (Å²) in [5.74, 6) is 3.68. The van der Waals surface area contributed by atoms with Gasteiger partial charge in [-0.1, -0.05) is 114 Å². The molecule has 3 aromatic rings. The van der Waals surface area contributed by atoms with Gasteiger partial charge in [-0.3, -0.25) is 0 Å². The Hall–Kier alpha value is -2.68. The predicted molar refractivity (Wildman–Crippen MR) is 160 cm³/mol. The molecule has 3 heteroatoms. The van der Waals surface area contributed by atoms with Crippen LogP contribution in [0.4, 0.5) is 0 Å². The smallest absolute Gasteiger partial charge is 0.159 e. The number of rotatable bonds is 15. The van der Waals surface area contributed by atoms with Gasteiger partial charge in [0.15, 0.2) is 5.82 Å². The number of unbranched alkanes of at least 4 members (excludes halogenated alkanes) is 4. The number of nitrogens with zero attached hydrogens (tertiary/aromatic N) is 2. The van der Waals surface area contributed by atoms with E-state index < -0.39 is 0 Å². The normalized spacial score (nSPS) is 17.4. The number of aryl methyl sites for hydroxylation is 1. The molecule has 0 unspecified atom stereocenters. The molecular weight excluding hydrogens is 464 g/mol. The minimum atomic E-state index is 0.791. The molecule has 4 rings (SSSR count). The van der Waals surface area contributed by atoms with Gasteiger partial charge in [0.2, 0.25) is 0 Å². The van der Waals surface area contributed by atoms with Gasteiger partial charge < -0.3 is 4.74 Å². The monoisotopic (exact) mass is 512 g/mol. The molecule has 0 bridgehead atoms. The van der Waals surface area contributed by atoms with Gasteiger partial charge in [-0.15, -0.1) is 0 Å². The van der Waals surface area contributed by atoms with Crippen molar-refractivity contribution in [2.24, 2.45) is 11.8 Å². The highest BCUT2D eigenvalue weighted by molar-refractivity contribution is 5.68. The zero-order valence-corrected chi connectivity index (χ0v) is 23.8. The lowest BCUT2D eigenvalue weighted by Crippen LogP contribution is -2.15. The SMILES string of the molecule is CCCCCc1cnc(-c2ccc(-c3ccc(OCCC[C@H]4CC[C@H](CCCCC)CC4)cc3)cc2)nc1. The van der Waals surface area contributed by atoms with Crippen molar-refractivity contribution in [3.05, 3.63) is 66.5 Å². The molecule has 3 nitrogen and oxygen atoms in total. The molecule has 1 fully saturated rings. The van der Waals surface area contributed by atoms with Crippen molar-refractivity contribution in [2.75, 3.05) is 6.61 Å². The second kappa shape index (κ2) is 15.7. The quantitative estimate of drug-likeness (QED) is 0.190. The van der Waals surface area contributed by atoms with E-state index in [1.165, 1.54) is 93.7 Å². The van der Waals surface area contributed by atoms with E-state index in [2.05, 4.69) is 72.3 Å². The fraction of sp³-hybridized carbons (Fsp3) is 0.543. The van der Waals surface area contributed by atoms with E-state index in [1.807, 2.05) is 12.4 Å². The van der Waals surface area contributed by atoms with E-state index in [0.717, 1.165) is 48.4 Å². The van der Waals surface area contributed by atoms with Crippen LogP contribution in [-0.4, -0.2) is 16.6 Å². The van der Waals surface area contributed by atoms with Crippen LogP contribution < -0.4 is 4.74 Å². The first-order chi connectivity index (χ1) is 18.7. The maximum atomic E-state index is 6.08. The van der Waals surface area contributed by atoms with Crippen LogP contribution in [0.25, 0.3) is 22.5 Å². The number of hydrogen-bond donors (Lipinski definition) is 0. The Morgan fingerprint density at radius 2 is 1.16 bits per heavy atom. The third kappa shape index (κ3) is 8.96. The maximum Gasteiger partial charge on any atom is 0.159 e. The lowest BCUT2D eigenvalue weighted by atomic mass is 9.78. The second-order valence-electron chi connectivity index (χ2n) is 11.3. The first kappa shape index (κ1) is 28.3. The highest BCUT2D eigenvalue weighted by Crippen LogP contribution is 2.34. The van der Waals surface area contributed by atoms with E-state index in [0.29, 0.717) is 0 Å². The van der Waals surface area contributed by atoms with Crippen molar-refractivity contribution in [2.45, 2.75) is 104 Å². The third-order valence-corrected chi connectivity index (χ3v) is 8.31. The highest BCUT2D eigenvalue weighted by Gasteiger charge is 2.20. The average molecular weight is 513 g/mol. The van der Waals surface area contributed by atoms with Crippen LogP contribution in [0.5, 0.6) is 5.75 Å². The van der Waals surface area contributed by atoms with Gasteiger partial charge in [-0.05, 0) is 66.3 Å². The van der Waals surface area contributed by atoms with Crippen molar-refractivity contribution in [3.8, 4) is 28.3 Å². The van der Waals surface area contributed by atoms with Gasteiger partial charge in [0.05, 0.1) is 6.61 Å². The largest absolute Gasteiger partial charge is 0.494 e. The molecule has 38 heavy (non-hydrogen) atoms. The molecule has 0 radical (unpaired) electrons. The minimum Gasteiger partial charge on any atom is -0.494 e. The molecule has 1 heterocycles. The van der Waals surface area contributed by atoms with Gasteiger partial charge in [-0.2, -0.15) is 0 Å². The lowest BCUT2D eigenvalue weighted by Gasteiger charge is -2.28. The first-order valence-electron chi connectivity index (χ1n) is 15.4. The third-order valence-electron chi connectivity index (χ3n) is 8.31. The minimum absolute atomic E-state index is 0.791. The molecule has 2 aromatic carbocycles. The summed E-state index contributed by atoms with van der Waals surface area (Å²) in [5.41, 5.74) is 4.67. The second-order valence-corrected chi connectivity index (χ2v) is 11.3. The standard InChI is InChI=1S/C35H48N2O/c1-3-5-7-10-28-13-15-29(16-14-28)12-9-25-38-34-23-21-32(22-24-34)31-17-19-33(20-18-31)35-36-26-30(27-37-35)11-8-6-4-2/h17-24,26-29H,3-16,25H2,1-2H3/t28-,29-. The van der Waals surface area contributed by atoms with E-state index >= 15 is 0 Å². The molecule has 0 saturated heterocycles. The fourth-order valence-corrected chi connectivity index (χ4v) is 5.82. The van der Waals surface area contributed by atoms with Crippen LogP contribution in [0.1, 0.15) is 103 Å². The Labute approximate surface area is 231 Å². The lowest BCUT2D eigenvalue weighted by molar-refractivity contribution is 0.228. The Morgan fingerprint density at radius 1 is 0.632 bits per heavy atom. The first-order valence-corrected chi connectivity index (χ1v) is 15.4. The Balaban J connectivity index is 1.17. The summed E-state index contributed by atoms with van der Waals surface area (Å²) in [6.07, 6.45) is 22.6. The molecule has 1 aliphatic rings. The number of benzene rings is 2. The van der Waals surface area contributed by atoms with Gasteiger partial charge in [0, 0.05) is 18.0 Å². The summed E-state index contributed by atoms with van der Waals surface area (Å²) in [7, 11) is 0. The highest BCUT2D eigenvalue weighted by atomic mass is 16.5. The maximum absolute atomic E-state index is 6.08. The molecular formula is C35H48N2O. The van der Waals surface area contributed by atoms with Crippen LogP contribution in [0.15, 0.2) is 60.9 Å². The van der Waals surface area contributed by atoms with E-state index in [4.69, 9.17) is 4.74 Å². The Morgan fingerprint density at radius 3 is 1.76 bits per heavy atom. The molecule has 0 atom stereocenters. The topological polar surface area (TPSA) is 35.0 Å². The Bertz CT molecular complexity index is 1030. The number of hydrogen-bond acceptors (Lipinski definition) is 3. The average Bonchev–Trinajstić information content (AvgIpc) is 2.97. The van der Waals surface area contributed by atoms with Crippen molar-refractivity contribution >= 4 is 0 Å². The summed E-state index contributed by atoms with van der Waals surface area (Å²) in [6, 6.07) is 17.1. The number of aromatic nitrogens is 2. The Kier molecular flexibility index (Phi) is 11.7. The van der Waals surface area contributed by atoms with Crippen molar-refractivity contribution < 1.29 is 4.74 Å². The predicted octanol–water partition coefficient (Wildman–Crippen LogP) is 10.1. The van der Waals surface area contributed by atoms with Gasteiger partial charge in [-0.25, -0.2) is 9.97 Å². The van der Waals surface area contributed by atoms with E-state index in [9.17, 15) is 0 Å². The van der Waals surface area contributed by atoms with Gasteiger partial charge in [0.25, 0.3) is 0 Å². The zero-order chi connectivity index (χ0) is 26.4. The van der Waals surface area contributed by atoms with Crippen LogP contribution in [0.2, 0.25) is 0 Å². The zero-order valence-electron chi connectivity index (χ0n) is 23.8. The molecule has 0 spiro atoms. The van der Waals surface area contributed by atoms with Gasteiger partial charge in [0.1, 0.15) is 5.75 Å². The molecule has 1 aliphatic carbocycles. The summed E-state index contributed by atoms with van der Waals surface area (Å²) in [6.45, 7) is 5.35. The molecule has 0 aliphatic heterocycles. The van der Waals surface area contributed by atoms with Gasteiger partial charge >= 0.3 is 0 Å².